The molecule has 0 amide bonds. The first-order valence-corrected chi connectivity index (χ1v) is 7.97. The second kappa shape index (κ2) is 4.37. The lowest BCUT2D eigenvalue weighted by molar-refractivity contribution is 0.383. The Bertz CT molecular complexity index is 616. The summed E-state index contributed by atoms with van der Waals surface area (Å²) < 4.78 is 24.1. The van der Waals surface area contributed by atoms with Crippen molar-refractivity contribution >= 4 is 27.0 Å². The van der Waals surface area contributed by atoms with Gasteiger partial charge in [-0.2, -0.15) is 0 Å². The van der Waals surface area contributed by atoms with E-state index in [0.717, 1.165) is 24.2 Å². The average Bonchev–Trinajstić information content (AvgIpc) is 2.88. The molecule has 2 aliphatic rings. The monoisotopic (exact) mass is 283 g/mol. The van der Waals surface area contributed by atoms with Gasteiger partial charge in [0.15, 0.2) is 0 Å². The molecule has 0 unspecified atom stereocenters. The number of fused-ring (bicyclic) bond motifs is 1. The predicted octanol–water partition coefficient (Wildman–Crippen LogP) is 2.56. The third-order valence-corrected chi connectivity index (χ3v) is 5.27. The van der Waals surface area contributed by atoms with Crippen molar-refractivity contribution in [3.8, 4) is 0 Å². The van der Waals surface area contributed by atoms with Crippen LogP contribution in [0.1, 0.15) is 18.4 Å². The zero-order chi connectivity index (χ0) is 12.8. The van der Waals surface area contributed by atoms with Gasteiger partial charge in [-0.15, -0.1) is 0 Å². The van der Waals surface area contributed by atoms with E-state index in [1.807, 2.05) is 6.07 Å². The van der Waals surface area contributed by atoms with Crippen molar-refractivity contribution in [1.29, 1.82) is 0 Å². The number of hydrogen-bond acceptors (Lipinski definition) is 3. The maximum Gasteiger partial charge on any atom is 0.200 e. The number of benzene rings is 1. The fraction of sp³-hybridized carbons (Fsp3) is 0.385. The summed E-state index contributed by atoms with van der Waals surface area (Å²) in [5.41, 5.74) is 1.70. The Hall–Kier alpha value is -0.840. The van der Waals surface area contributed by atoms with Gasteiger partial charge in [0.1, 0.15) is 0 Å². The minimum atomic E-state index is -3.29. The van der Waals surface area contributed by atoms with E-state index in [4.69, 9.17) is 11.6 Å². The summed E-state index contributed by atoms with van der Waals surface area (Å²) in [6.07, 6.45) is 2.40. The molecule has 1 fully saturated rings. The molecule has 0 radical (unpaired) electrons. The molecule has 0 atom stereocenters. The molecule has 3 nitrogen and oxygen atoms in total. The second-order valence-corrected chi connectivity index (χ2v) is 7.01. The van der Waals surface area contributed by atoms with E-state index in [1.54, 1.807) is 12.1 Å². The van der Waals surface area contributed by atoms with Crippen molar-refractivity contribution in [2.75, 3.05) is 19.6 Å². The van der Waals surface area contributed by atoms with E-state index in [2.05, 4.69) is 4.90 Å². The Kier molecular flexibility index (Phi) is 2.96. The van der Waals surface area contributed by atoms with E-state index in [1.165, 1.54) is 18.2 Å². The van der Waals surface area contributed by atoms with E-state index in [9.17, 15) is 8.42 Å². The molecule has 18 heavy (non-hydrogen) atoms. The largest absolute Gasteiger partial charge is 0.299 e. The summed E-state index contributed by atoms with van der Waals surface area (Å²) in [4.78, 5) is 2.65. The van der Waals surface area contributed by atoms with E-state index in [0.29, 0.717) is 16.5 Å². The highest BCUT2D eigenvalue weighted by Gasteiger charge is 2.28. The summed E-state index contributed by atoms with van der Waals surface area (Å²) >= 11 is 5.87. The van der Waals surface area contributed by atoms with Gasteiger partial charge >= 0.3 is 0 Å². The second-order valence-electron chi connectivity index (χ2n) is 4.81. The van der Waals surface area contributed by atoms with Gasteiger partial charge in [0.05, 0.1) is 4.90 Å². The summed E-state index contributed by atoms with van der Waals surface area (Å²) in [6, 6.07) is 5.10. The predicted molar refractivity (Wildman–Crippen MR) is 72.3 cm³/mol. The zero-order valence-electron chi connectivity index (χ0n) is 9.89. The first-order chi connectivity index (χ1) is 8.56. The van der Waals surface area contributed by atoms with Crippen molar-refractivity contribution in [3.05, 3.63) is 34.2 Å². The van der Waals surface area contributed by atoms with Gasteiger partial charge in [0.2, 0.25) is 9.84 Å². The van der Waals surface area contributed by atoms with Crippen molar-refractivity contribution in [2.24, 2.45) is 0 Å². The normalized spacial score (nSPS) is 21.9. The minimum absolute atomic E-state index is 0.351. The molecule has 0 saturated carbocycles. The van der Waals surface area contributed by atoms with Gasteiger partial charge in [-0.25, -0.2) is 8.42 Å². The maximum atomic E-state index is 12.0. The Balaban J connectivity index is 1.98. The number of likely N-dealkylation sites (tertiary alicyclic amines) is 1. The molecule has 0 aliphatic carbocycles. The lowest BCUT2D eigenvalue weighted by Gasteiger charge is -2.15. The van der Waals surface area contributed by atoms with Crippen LogP contribution in [0.25, 0.3) is 5.57 Å². The van der Waals surface area contributed by atoms with Crippen LogP contribution in [0.15, 0.2) is 28.5 Å². The summed E-state index contributed by atoms with van der Waals surface area (Å²) in [6.45, 7) is 2.83. The van der Waals surface area contributed by atoms with Gasteiger partial charge in [-0.05, 0) is 49.2 Å². The van der Waals surface area contributed by atoms with Gasteiger partial charge in [0.25, 0.3) is 0 Å². The van der Waals surface area contributed by atoms with Gasteiger partial charge in [-0.1, -0.05) is 17.7 Å². The highest BCUT2D eigenvalue weighted by molar-refractivity contribution is 7.95. The summed E-state index contributed by atoms with van der Waals surface area (Å²) in [5, 5.41) is 1.86. The molecule has 0 aromatic heterocycles. The van der Waals surface area contributed by atoms with Crippen LogP contribution >= 0.6 is 11.6 Å². The molecule has 0 spiro atoms. The van der Waals surface area contributed by atoms with E-state index < -0.39 is 9.84 Å². The first kappa shape index (κ1) is 12.2. The fourth-order valence-corrected chi connectivity index (χ4v) is 4.35. The third-order valence-electron chi connectivity index (χ3n) is 3.49. The maximum absolute atomic E-state index is 12.0. The Morgan fingerprint density at radius 2 is 1.94 bits per heavy atom. The van der Waals surface area contributed by atoms with Crippen LogP contribution in [0.2, 0.25) is 5.02 Å². The van der Waals surface area contributed by atoms with Gasteiger partial charge in [0, 0.05) is 17.0 Å². The van der Waals surface area contributed by atoms with Crippen LogP contribution in [0.4, 0.5) is 0 Å². The SMILES string of the molecule is O=S1(=O)C=C(CN2CCCC2)c2ccc(Cl)cc21. The number of halogens is 1. The van der Waals surface area contributed by atoms with E-state index in [-0.39, 0.29) is 0 Å². The quantitative estimate of drug-likeness (QED) is 0.837. The minimum Gasteiger partial charge on any atom is -0.299 e. The summed E-state index contributed by atoms with van der Waals surface area (Å²) in [5.74, 6) is 0. The fourth-order valence-electron chi connectivity index (χ4n) is 2.62. The van der Waals surface area contributed by atoms with Crippen LogP contribution in [-0.4, -0.2) is 33.0 Å². The van der Waals surface area contributed by atoms with Crippen LogP contribution in [0, 0.1) is 0 Å². The standard InChI is InChI=1S/C13H14ClNO2S/c14-11-3-4-12-10(8-15-5-1-2-6-15)9-18(16,17)13(12)7-11/h3-4,7,9H,1-2,5-6,8H2. The molecule has 2 heterocycles. The first-order valence-electron chi connectivity index (χ1n) is 6.04. The number of nitrogens with zero attached hydrogens (tertiary/aromatic N) is 1. The third kappa shape index (κ3) is 2.09. The zero-order valence-corrected chi connectivity index (χ0v) is 11.5. The molecule has 0 bridgehead atoms. The van der Waals surface area contributed by atoms with Gasteiger partial charge in [-0.3, -0.25) is 4.90 Å². The van der Waals surface area contributed by atoms with Crippen molar-refractivity contribution in [3.63, 3.8) is 0 Å². The highest BCUT2D eigenvalue weighted by Crippen LogP contribution is 2.35. The molecular formula is C13H14ClNO2S. The highest BCUT2D eigenvalue weighted by atomic mass is 35.5. The molecule has 2 aliphatic heterocycles. The number of hydrogen-bond donors (Lipinski definition) is 0. The molecule has 1 saturated heterocycles. The van der Waals surface area contributed by atoms with Crippen LogP contribution < -0.4 is 0 Å². The Morgan fingerprint density at radius 1 is 1.22 bits per heavy atom. The molecule has 0 N–H and O–H groups in total. The van der Waals surface area contributed by atoms with Gasteiger partial charge < -0.3 is 0 Å². The molecule has 3 rings (SSSR count). The average molecular weight is 284 g/mol. The molecule has 1 aromatic carbocycles. The Morgan fingerprint density at radius 3 is 2.67 bits per heavy atom. The van der Waals surface area contributed by atoms with Crippen LogP contribution in [-0.2, 0) is 9.84 Å². The molecular weight excluding hydrogens is 270 g/mol. The lowest BCUT2D eigenvalue weighted by atomic mass is 10.1. The van der Waals surface area contributed by atoms with E-state index >= 15 is 0 Å². The number of sulfone groups is 1. The molecule has 96 valence electrons. The number of rotatable bonds is 2. The Labute approximate surface area is 112 Å². The smallest absolute Gasteiger partial charge is 0.200 e. The van der Waals surface area contributed by atoms with Crippen molar-refractivity contribution < 1.29 is 8.42 Å². The summed E-state index contributed by atoms with van der Waals surface area (Å²) in [7, 11) is -3.29. The van der Waals surface area contributed by atoms with Crippen molar-refractivity contribution in [1.82, 2.24) is 4.90 Å². The molecule has 5 heteroatoms. The van der Waals surface area contributed by atoms with Crippen molar-refractivity contribution in [2.45, 2.75) is 17.7 Å². The molecule has 1 aromatic rings. The van der Waals surface area contributed by atoms with Crippen LogP contribution in [0.3, 0.4) is 0 Å². The van der Waals surface area contributed by atoms with Crippen LogP contribution in [0.5, 0.6) is 0 Å². The lowest BCUT2D eigenvalue weighted by Crippen LogP contribution is -2.21. The topological polar surface area (TPSA) is 37.4 Å².